The van der Waals surface area contributed by atoms with Gasteiger partial charge in [0.1, 0.15) is 5.57 Å². The average molecular weight is 1070 g/mol. The molecule has 76 heavy (non-hydrogen) atoms. The maximum absolute atomic E-state index is 12.2. The molecule has 0 radical (unpaired) electrons. The van der Waals surface area contributed by atoms with Crippen LogP contribution in [0.1, 0.15) is 267 Å². The number of nitrogens with zero attached hydrogens (tertiary/aromatic N) is 3. The maximum Gasteiger partial charge on any atom is 2.00 e. The van der Waals surface area contributed by atoms with E-state index in [-0.39, 0.29) is 16.5 Å². The number of rotatable bonds is 37. The van der Waals surface area contributed by atoms with Gasteiger partial charge in [-0.25, -0.2) is 4.70 Å². The molecule has 5 rings (SSSR count). The van der Waals surface area contributed by atoms with Crippen LogP contribution in [0.15, 0.2) is 108 Å². The van der Waals surface area contributed by atoms with Crippen LogP contribution < -0.4 is 4.90 Å². The van der Waals surface area contributed by atoms with Crippen LogP contribution in [0, 0.1) is 37.8 Å². The number of aryl methyl sites for hydroxylation is 3. The van der Waals surface area contributed by atoms with Crippen molar-refractivity contribution in [3.63, 3.8) is 0 Å². The first-order valence-electron chi connectivity index (χ1n) is 31.1. The van der Waals surface area contributed by atoms with Crippen LogP contribution in [-0.4, -0.2) is 18.3 Å². The number of benzene rings is 4. The van der Waals surface area contributed by atoms with Gasteiger partial charge >= 0.3 is 16.5 Å². The van der Waals surface area contributed by atoms with E-state index in [1.807, 2.05) is 48.5 Å². The van der Waals surface area contributed by atoms with Crippen molar-refractivity contribution in [2.24, 2.45) is 0 Å². The molecule has 0 unspecified atom stereocenters. The molecule has 0 atom stereocenters. The Kier molecular flexibility index (Phi) is 40.9. The second-order valence-electron chi connectivity index (χ2n) is 21.7. The van der Waals surface area contributed by atoms with Crippen molar-refractivity contribution in [2.45, 2.75) is 260 Å². The first-order chi connectivity index (χ1) is 36.8. The van der Waals surface area contributed by atoms with Gasteiger partial charge in [0.05, 0.1) is 0 Å². The number of unbranched alkanes of at least 4 members (excludes halogenated alkanes) is 29. The fraction of sp³-hybridized carbons (Fsp3) is 0.583. The average Bonchev–Trinajstić information content (AvgIpc) is 3.71. The van der Waals surface area contributed by atoms with Gasteiger partial charge in [0, 0.05) is 42.4 Å². The van der Waals surface area contributed by atoms with Gasteiger partial charge in [-0.15, -0.1) is 0 Å². The molecule has 0 aromatic heterocycles. The molecule has 1 aliphatic rings. The SMILES string of the molecule is CCCCCCCCCCCCCCCCCCCCCCCCCC#CC1=C(c2ccc(N(C)CC)cc2)[N+](=[N-])C(c2cccc(CCCC)c2)=C1CCCCCCCC.Cc1cc[c-]cc1.Cc1cc[c-]cc1.[Ni+2]. The normalized spacial score (nSPS) is 11.9. The van der Waals surface area contributed by atoms with Gasteiger partial charge < -0.3 is 10.4 Å². The molecule has 1 aliphatic heterocycles. The smallest absolute Gasteiger partial charge is 0.493 e. The molecule has 1 heterocycles. The van der Waals surface area contributed by atoms with Crippen LogP contribution in [0.25, 0.3) is 16.9 Å². The second-order valence-corrected chi connectivity index (χ2v) is 21.7. The molecule has 4 heteroatoms. The van der Waals surface area contributed by atoms with Crippen LogP contribution in [0.2, 0.25) is 0 Å². The van der Waals surface area contributed by atoms with E-state index in [4.69, 9.17) is 0 Å². The predicted molar refractivity (Wildman–Crippen MR) is 330 cm³/mol. The Labute approximate surface area is 479 Å². The Morgan fingerprint density at radius 3 is 1.29 bits per heavy atom. The van der Waals surface area contributed by atoms with Gasteiger partial charge in [0.15, 0.2) is 0 Å². The summed E-state index contributed by atoms with van der Waals surface area (Å²) < 4.78 is 1.49. The summed E-state index contributed by atoms with van der Waals surface area (Å²) in [6, 6.07) is 39.2. The fourth-order valence-electron chi connectivity index (χ4n) is 10.0. The number of hydrogen-bond acceptors (Lipinski definition) is 1. The predicted octanol–water partition coefficient (Wildman–Crippen LogP) is 22.4. The molecule has 420 valence electrons. The molecule has 4 aromatic rings. The van der Waals surface area contributed by atoms with Crippen LogP contribution >= 0.6 is 0 Å². The summed E-state index contributed by atoms with van der Waals surface area (Å²) in [5.74, 6) is 7.32. The summed E-state index contributed by atoms with van der Waals surface area (Å²) in [7, 11) is 2.13. The Morgan fingerprint density at radius 1 is 0.461 bits per heavy atom. The van der Waals surface area contributed by atoms with E-state index in [1.54, 1.807) is 0 Å². The number of hydrogen-bond donors (Lipinski definition) is 0. The Bertz CT molecular complexity index is 2120. The largest absolute Gasteiger partial charge is 2.00 e. The zero-order valence-electron chi connectivity index (χ0n) is 49.6. The minimum Gasteiger partial charge on any atom is -0.493 e. The Morgan fingerprint density at radius 2 is 0.882 bits per heavy atom. The summed E-state index contributed by atoms with van der Waals surface area (Å²) in [4.78, 5) is 2.25. The van der Waals surface area contributed by atoms with E-state index in [2.05, 4.69) is 126 Å². The first-order valence-corrected chi connectivity index (χ1v) is 31.1. The molecule has 3 nitrogen and oxygen atoms in total. The molecule has 0 fully saturated rings. The van der Waals surface area contributed by atoms with Crippen LogP contribution in [-0.2, 0) is 22.9 Å². The van der Waals surface area contributed by atoms with Gasteiger partial charge in [0.2, 0.25) is 11.4 Å². The minimum absolute atomic E-state index is 0. The van der Waals surface area contributed by atoms with Crippen molar-refractivity contribution >= 4 is 17.1 Å². The van der Waals surface area contributed by atoms with E-state index < -0.39 is 0 Å². The minimum atomic E-state index is 0. The molecule has 0 aliphatic carbocycles. The van der Waals surface area contributed by atoms with Crippen LogP contribution in [0.3, 0.4) is 0 Å². The monoisotopic (exact) mass is 1070 g/mol. The van der Waals surface area contributed by atoms with Gasteiger partial charge in [-0.1, -0.05) is 238 Å². The van der Waals surface area contributed by atoms with Crippen LogP contribution in [0.4, 0.5) is 5.69 Å². The maximum atomic E-state index is 12.2. The van der Waals surface area contributed by atoms with Crippen molar-refractivity contribution in [2.75, 3.05) is 18.5 Å². The van der Waals surface area contributed by atoms with Gasteiger partial charge in [-0.3, -0.25) is 0 Å². The molecule has 0 amide bonds. The summed E-state index contributed by atoms with van der Waals surface area (Å²) >= 11 is 0. The van der Waals surface area contributed by atoms with E-state index in [1.165, 1.54) is 219 Å². The summed E-state index contributed by atoms with van der Waals surface area (Å²) in [5.41, 5.74) is 23.4. The van der Waals surface area contributed by atoms with E-state index in [0.29, 0.717) is 0 Å². The van der Waals surface area contributed by atoms with Gasteiger partial charge in [0.25, 0.3) is 0 Å². The van der Waals surface area contributed by atoms with E-state index in [9.17, 15) is 5.53 Å². The van der Waals surface area contributed by atoms with E-state index >= 15 is 0 Å². The second kappa shape index (κ2) is 45.8. The summed E-state index contributed by atoms with van der Waals surface area (Å²) in [6.07, 6.45) is 45.2. The molecular weight excluding hydrogens is 966 g/mol. The van der Waals surface area contributed by atoms with Crippen molar-refractivity contribution in [1.82, 2.24) is 0 Å². The first kappa shape index (κ1) is 67.9. The van der Waals surface area contributed by atoms with E-state index in [0.717, 1.165) is 66.7 Å². The molecular formula is C72H107N3Ni. The molecule has 4 aromatic carbocycles. The third-order valence-corrected chi connectivity index (χ3v) is 15.0. The zero-order valence-corrected chi connectivity index (χ0v) is 50.6. The Balaban J connectivity index is 0.00000113. The number of anilines is 1. The standard InChI is InChI=1S/C58H93N3.2C7H7.Ni/c1-6-10-13-15-17-18-19-20-21-22-23-24-25-26-27-28-29-30-31-32-33-34-35-37-39-44-55-56(45-38-36-16-14-11-7-2)58(53-43-40-42-51(50-53)41-12-8-3)61(59)57(55)52-46-48-54(49-47-52)60(5)9-4;2*1-7-5-3-2-4-6-7;/h40,42-43,46-50H,6-38,41,45H2,1-5H3;2*3-6H,1H3;/q;2*-1;+2. The zero-order chi connectivity index (χ0) is 53.8. The fourth-order valence-corrected chi connectivity index (χ4v) is 10.0. The quantitative estimate of drug-likeness (QED) is 0.0145. The summed E-state index contributed by atoms with van der Waals surface area (Å²) in [5, 5.41) is 0. The molecule has 0 bridgehead atoms. The third kappa shape index (κ3) is 30.1. The Hall–Kier alpha value is -4.19. The molecule has 0 N–H and O–H groups in total. The van der Waals surface area contributed by atoms with Crippen LogP contribution in [0.5, 0.6) is 0 Å². The molecule has 0 spiro atoms. The topological polar surface area (TPSA) is 28.6 Å². The van der Waals surface area contributed by atoms with Crippen molar-refractivity contribution in [3.8, 4) is 11.8 Å². The molecule has 0 saturated carbocycles. The van der Waals surface area contributed by atoms with Crippen molar-refractivity contribution in [1.29, 1.82) is 0 Å². The number of allylic oxidation sites excluding steroid dienone is 2. The molecule has 0 saturated heterocycles. The van der Waals surface area contributed by atoms with Crippen molar-refractivity contribution < 1.29 is 21.2 Å². The van der Waals surface area contributed by atoms with Gasteiger partial charge in [-0.2, -0.15) is 71.8 Å². The van der Waals surface area contributed by atoms with Crippen molar-refractivity contribution in [3.05, 3.63) is 154 Å². The van der Waals surface area contributed by atoms with Gasteiger partial charge in [-0.05, 0) is 81.0 Å². The third-order valence-electron chi connectivity index (χ3n) is 15.0. The summed E-state index contributed by atoms with van der Waals surface area (Å²) in [6.45, 7) is 14.1.